The summed E-state index contributed by atoms with van der Waals surface area (Å²) in [5.74, 6) is -0.119. The molecule has 0 radical (unpaired) electrons. The molecule has 0 aliphatic heterocycles. The lowest BCUT2D eigenvalue weighted by molar-refractivity contribution is -0.118. The molecule has 0 spiro atoms. The number of nitrogens with one attached hydrogen (secondary N) is 1. The van der Waals surface area contributed by atoms with Crippen molar-refractivity contribution in [2.75, 3.05) is 5.75 Å². The summed E-state index contributed by atoms with van der Waals surface area (Å²) in [5.41, 5.74) is 8.15. The number of para-hydroxylation sites is 1. The van der Waals surface area contributed by atoms with Crippen LogP contribution in [-0.4, -0.2) is 32.0 Å². The van der Waals surface area contributed by atoms with Crippen molar-refractivity contribution >= 4 is 34.4 Å². The molecule has 1 amide bonds. The molecule has 2 heterocycles. The Morgan fingerprint density at radius 3 is 2.63 bits per heavy atom. The van der Waals surface area contributed by atoms with Crippen molar-refractivity contribution in [3.63, 3.8) is 0 Å². The highest BCUT2D eigenvalue weighted by Crippen LogP contribution is 2.21. The molecule has 7 nitrogen and oxygen atoms in total. The van der Waals surface area contributed by atoms with E-state index in [9.17, 15) is 14.4 Å². The Labute approximate surface area is 179 Å². The van der Waals surface area contributed by atoms with Crippen molar-refractivity contribution in [2.24, 2.45) is 5.73 Å². The second kappa shape index (κ2) is 9.75. The van der Waals surface area contributed by atoms with Gasteiger partial charge in [0.2, 0.25) is 5.91 Å². The minimum Gasteiger partial charge on any atom is -0.370 e. The molecular weight excluding hydrogens is 400 g/mol. The number of carbonyl (C=O) groups is 2. The molecule has 30 heavy (non-hydrogen) atoms. The third kappa shape index (κ3) is 5.18. The van der Waals surface area contributed by atoms with Crippen LogP contribution in [0.3, 0.4) is 0 Å². The Bertz CT molecular complexity index is 1130. The summed E-state index contributed by atoms with van der Waals surface area (Å²) in [5, 5.41) is 1.09. The van der Waals surface area contributed by atoms with Crippen molar-refractivity contribution in [2.45, 2.75) is 51.2 Å². The summed E-state index contributed by atoms with van der Waals surface area (Å²) in [4.78, 5) is 44.4. The number of nitrogens with zero attached hydrogens (tertiary/aromatic N) is 2. The number of ketones is 1. The van der Waals surface area contributed by atoms with E-state index in [-0.39, 0.29) is 23.0 Å². The lowest BCUT2D eigenvalue weighted by Gasteiger charge is -2.13. The highest BCUT2D eigenvalue weighted by Gasteiger charge is 2.16. The van der Waals surface area contributed by atoms with E-state index in [2.05, 4.69) is 9.97 Å². The number of nitrogens with two attached hydrogens (primary N) is 1. The number of hydrogen-bond donors (Lipinski definition) is 2. The predicted molar refractivity (Wildman–Crippen MR) is 119 cm³/mol. The second-order valence-corrected chi connectivity index (χ2v) is 8.29. The summed E-state index contributed by atoms with van der Waals surface area (Å²) < 4.78 is 1.64. The van der Waals surface area contributed by atoms with Gasteiger partial charge in [0, 0.05) is 29.9 Å². The molecule has 3 rings (SSSR count). The van der Waals surface area contributed by atoms with Crippen LogP contribution >= 0.6 is 11.8 Å². The Hall–Kier alpha value is -2.87. The largest absolute Gasteiger partial charge is 0.370 e. The minimum atomic E-state index is -0.315. The predicted octanol–water partition coefficient (Wildman–Crippen LogP) is 3.36. The van der Waals surface area contributed by atoms with Gasteiger partial charge in [0.05, 0.1) is 16.7 Å². The molecule has 3 N–H and O–H groups in total. The Morgan fingerprint density at radius 1 is 1.17 bits per heavy atom. The van der Waals surface area contributed by atoms with Crippen LogP contribution in [0.4, 0.5) is 0 Å². The third-order valence-electron chi connectivity index (χ3n) is 4.91. The van der Waals surface area contributed by atoms with Crippen LogP contribution in [0.25, 0.3) is 10.9 Å². The smallest absolute Gasteiger partial charge is 0.262 e. The standard InChI is InChI=1S/C22H26N4O3S/c1-14-12-17(15(2)24-14)19(27)13-30-22-25-18-9-6-5-8-16(18)21(29)26(22)11-7-3-4-10-20(23)28/h5-6,8-9,12,24H,3-4,7,10-11,13H2,1-2H3,(H2,23,28). The number of H-pyrrole nitrogens is 1. The number of carbonyl (C=O) groups excluding carboxylic acids is 2. The third-order valence-corrected chi connectivity index (χ3v) is 5.89. The number of aromatic nitrogens is 3. The summed E-state index contributed by atoms with van der Waals surface area (Å²) >= 11 is 1.28. The maximum Gasteiger partial charge on any atom is 0.262 e. The Balaban J connectivity index is 1.80. The molecule has 3 aromatic rings. The van der Waals surface area contributed by atoms with Gasteiger partial charge in [-0.15, -0.1) is 0 Å². The Morgan fingerprint density at radius 2 is 1.93 bits per heavy atom. The number of thioether (sulfide) groups is 1. The molecule has 0 aliphatic carbocycles. The molecule has 0 unspecified atom stereocenters. The molecule has 0 saturated heterocycles. The fraction of sp³-hybridized carbons (Fsp3) is 0.364. The van der Waals surface area contributed by atoms with Gasteiger partial charge in [0.15, 0.2) is 10.9 Å². The number of amides is 1. The monoisotopic (exact) mass is 426 g/mol. The van der Waals surface area contributed by atoms with Gasteiger partial charge in [-0.25, -0.2) is 4.98 Å². The van der Waals surface area contributed by atoms with Gasteiger partial charge in [-0.05, 0) is 44.9 Å². The van der Waals surface area contributed by atoms with E-state index in [4.69, 9.17) is 5.73 Å². The number of primary amides is 1. The van der Waals surface area contributed by atoms with E-state index in [1.54, 1.807) is 16.7 Å². The number of fused-ring (bicyclic) bond motifs is 1. The molecule has 0 fully saturated rings. The zero-order valence-corrected chi connectivity index (χ0v) is 18.1. The topological polar surface area (TPSA) is 111 Å². The van der Waals surface area contributed by atoms with Crippen LogP contribution in [-0.2, 0) is 11.3 Å². The van der Waals surface area contributed by atoms with Gasteiger partial charge in [-0.1, -0.05) is 30.3 Å². The first-order valence-electron chi connectivity index (χ1n) is 9.97. The number of rotatable bonds is 10. The van der Waals surface area contributed by atoms with Crippen LogP contribution in [0.15, 0.2) is 40.3 Å². The summed E-state index contributed by atoms with van der Waals surface area (Å²) in [6.45, 7) is 4.27. The van der Waals surface area contributed by atoms with E-state index < -0.39 is 0 Å². The summed E-state index contributed by atoms with van der Waals surface area (Å²) in [7, 11) is 0. The Kier molecular flexibility index (Phi) is 7.10. The minimum absolute atomic E-state index is 0.00253. The normalized spacial score (nSPS) is 11.1. The molecule has 0 atom stereocenters. The summed E-state index contributed by atoms with van der Waals surface area (Å²) in [6, 6.07) is 9.07. The zero-order valence-electron chi connectivity index (χ0n) is 17.2. The molecular formula is C22H26N4O3S. The van der Waals surface area contributed by atoms with Crippen molar-refractivity contribution in [3.05, 3.63) is 57.6 Å². The average Bonchev–Trinajstić information content (AvgIpc) is 3.05. The molecule has 8 heteroatoms. The number of hydrogen-bond acceptors (Lipinski definition) is 5. The van der Waals surface area contributed by atoms with Gasteiger partial charge in [0.25, 0.3) is 5.56 Å². The maximum absolute atomic E-state index is 13.0. The molecule has 0 saturated carbocycles. The average molecular weight is 427 g/mol. The van der Waals surface area contributed by atoms with Crippen molar-refractivity contribution < 1.29 is 9.59 Å². The fourth-order valence-corrected chi connectivity index (χ4v) is 4.33. The number of benzene rings is 1. The lowest BCUT2D eigenvalue weighted by Crippen LogP contribution is -2.24. The van der Waals surface area contributed by atoms with Gasteiger partial charge < -0.3 is 10.7 Å². The van der Waals surface area contributed by atoms with E-state index in [0.29, 0.717) is 41.0 Å². The van der Waals surface area contributed by atoms with Crippen molar-refractivity contribution in [3.8, 4) is 0 Å². The SMILES string of the molecule is Cc1cc(C(=O)CSc2nc3ccccc3c(=O)n2CCCCCC(N)=O)c(C)[nH]1. The highest BCUT2D eigenvalue weighted by molar-refractivity contribution is 7.99. The van der Waals surface area contributed by atoms with E-state index >= 15 is 0 Å². The van der Waals surface area contributed by atoms with Gasteiger partial charge in [-0.2, -0.15) is 0 Å². The molecule has 0 bridgehead atoms. The van der Waals surface area contributed by atoms with Crippen LogP contribution in [0.1, 0.15) is 47.4 Å². The van der Waals surface area contributed by atoms with Crippen LogP contribution < -0.4 is 11.3 Å². The van der Waals surface area contributed by atoms with E-state index in [1.807, 2.05) is 32.0 Å². The summed E-state index contributed by atoms with van der Waals surface area (Å²) in [6.07, 6.45) is 2.55. The second-order valence-electron chi connectivity index (χ2n) is 7.35. The maximum atomic E-state index is 13.0. The quantitative estimate of drug-likeness (QED) is 0.223. The number of Topliss-reactive ketones (excluding diaryl/α,β-unsaturated/α-hetero) is 1. The van der Waals surface area contributed by atoms with Crippen molar-refractivity contribution in [1.29, 1.82) is 0 Å². The fourth-order valence-electron chi connectivity index (χ4n) is 3.42. The molecule has 1 aromatic carbocycles. The van der Waals surface area contributed by atoms with E-state index in [1.165, 1.54) is 11.8 Å². The number of unbranched alkanes of at least 4 members (excludes halogenated alkanes) is 2. The van der Waals surface area contributed by atoms with Gasteiger partial charge >= 0.3 is 0 Å². The molecule has 158 valence electrons. The first kappa shape index (κ1) is 21.8. The molecule has 2 aromatic heterocycles. The van der Waals surface area contributed by atoms with Crippen molar-refractivity contribution in [1.82, 2.24) is 14.5 Å². The zero-order chi connectivity index (χ0) is 21.7. The van der Waals surface area contributed by atoms with Crippen LogP contribution in [0.2, 0.25) is 0 Å². The number of aromatic amines is 1. The first-order valence-corrected chi connectivity index (χ1v) is 11.0. The first-order chi connectivity index (χ1) is 14.4. The van der Waals surface area contributed by atoms with Gasteiger partial charge in [-0.3, -0.25) is 19.0 Å². The number of aryl methyl sites for hydroxylation is 2. The lowest BCUT2D eigenvalue weighted by atomic mass is 10.2. The molecule has 0 aliphatic rings. The highest BCUT2D eigenvalue weighted by atomic mass is 32.2. The van der Waals surface area contributed by atoms with Gasteiger partial charge in [0.1, 0.15) is 0 Å². The van der Waals surface area contributed by atoms with Crippen LogP contribution in [0, 0.1) is 13.8 Å². The van der Waals surface area contributed by atoms with E-state index in [0.717, 1.165) is 24.2 Å². The van der Waals surface area contributed by atoms with Crippen LogP contribution in [0.5, 0.6) is 0 Å².